The number of methoxy groups -OCH3 is 1. The predicted octanol–water partition coefficient (Wildman–Crippen LogP) is 1.96. The number of ether oxygens (including phenoxy) is 1. The van der Waals surface area contributed by atoms with Crippen molar-refractivity contribution >= 4 is 23.1 Å². The van der Waals surface area contributed by atoms with Gasteiger partial charge in [-0.2, -0.15) is 4.98 Å². The summed E-state index contributed by atoms with van der Waals surface area (Å²) in [6.07, 6.45) is 2.00. The highest BCUT2D eigenvalue weighted by Crippen LogP contribution is 2.37. The van der Waals surface area contributed by atoms with E-state index in [1.807, 2.05) is 4.90 Å². The fraction of sp³-hybridized carbons (Fsp3) is 0.636. The van der Waals surface area contributed by atoms with Gasteiger partial charge in [-0.3, -0.25) is 10.1 Å². The number of aromatic nitrogens is 2. The Morgan fingerprint density at radius 1 is 1.53 bits per heavy atom. The minimum absolute atomic E-state index is 0.0289. The molecule has 0 aliphatic heterocycles. The molecule has 0 spiro atoms. The molecule has 0 bridgehead atoms. The highest BCUT2D eigenvalue weighted by atomic mass is 35.5. The molecule has 1 aliphatic carbocycles. The molecule has 104 valence electrons. The van der Waals surface area contributed by atoms with E-state index in [9.17, 15) is 10.1 Å². The Hall–Kier alpha value is -1.47. The van der Waals surface area contributed by atoms with Crippen LogP contribution >= 0.6 is 11.6 Å². The van der Waals surface area contributed by atoms with E-state index in [1.54, 1.807) is 14.0 Å². The zero-order valence-electron chi connectivity index (χ0n) is 10.8. The molecule has 1 aromatic rings. The third-order valence-electron chi connectivity index (χ3n) is 2.99. The summed E-state index contributed by atoms with van der Waals surface area (Å²) < 4.78 is 5.04. The molecule has 8 heteroatoms. The molecule has 1 aliphatic rings. The second-order valence-corrected chi connectivity index (χ2v) is 4.76. The van der Waals surface area contributed by atoms with Gasteiger partial charge in [-0.15, -0.1) is 0 Å². The number of aryl methyl sites for hydroxylation is 1. The number of anilines is 1. The van der Waals surface area contributed by atoms with E-state index in [1.165, 1.54) is 0 Å². The van der Waals surface area contributed by atoms with E-state index in [-0.39, 0.29) is 22.7 Å². The molecule has 19 heavy (non-hydrogen) atoms. The van der Waals surface area contributed by atoms with Gasteiger partial charge in [0, 0.05) is 19.7 Å². The van der Waals surface area contributed by atoms with Crippen LogP contribution < -0.4 is 4.90 Å². The third kappa shape index (κ3) is 3.10. The van der Waals surface area contributed by atoms with E-state index in [0.29, 0.717) is 19.0 Å². The molecule has 0 atom stereocenters. The Balaban J connectivity index is 2.42. The van der Waals surface area contributed by atoms with Gasteiger partial charge in [0.15, 0.2) is 0 Å². The van der Waals surface area contributed by atoms with Crippen molar-refractivity contribution in [3.05, 3.63) is 21.1 Å². The van der Waals surface area contributed by atoms with Crippen LogP contribution in [-0.4, -0.2) is 41.2 Å². The van der Waals surface area contributed by atoms with Crippen molar-refractivity contribution in [2.75, 3.05) is 25.2 Å². The van der Waals surface area contributed by atoms with E-state index < -0.39 is 4.92 Å². The van der Waals surface area contributed by atoms with Gasteiger partial charge in [-0.1, -0.05) is 0 Å². The minimum Gasteiger partial charge on any atom is -0.383 e. The molecule has 1 heterocycles. The first-order chi connectivity index (χ1) is 9.04. The molecular formula is C11H15ClN4O3. The lowest BCUT2D eigenvalue weighted by Crippen LogP contribution is -2.31. The Morgan fingerprint density at radius 3 is 2.74 bits per heavy atom. The summed E-state index contributed by atoms with van der Waals surface area (Å²) in [6.45, 7) is 2.60. The molecule has 2 rings (SSSR count). The number of nitrogens with zero attached hydrogens (tertiary/aromatic N) is 4. The van der Waals surface area contributed by atoms with E-state index in [4.69, 9.17) is 16.3 Å². The van der Waals surface area contributed by atoms with Gasteiger partial charge in [0.1, 0.15) is 5.69 Å². The van der Waals surface area contributed by atoms with Crippen LogP contribution in [0.4, 0.5) is 11.5 Å². The normalized spacial score (nSPS) is 14.5. The number of rotatable bonds is 6. The van der Waals surface area contributed by atoms with Crippen LogP contribution in [0.3, 0.4) is 0 Å². The lowest BCUT2D eigenvalue weighted by molar-refractivity contribution is -0.385. The molecule has 1 aromatic heterocycles. The summed E-state index contributed by atoms with van der Waals surface area (Å²) in [6, 6.07) is 0.277. The monoisotopic (exact) mass is 286 g/mol. The van der Waals surface area contributed by atoms with Crippen LogP contribution in [0.2, 0.25) is 5.28 Å². The summed E-state index contributed by atoms with van der Waals surface area (Å²) in [5.41, 5.74) is 0.204. The maximum atomic E-state index is 11.2. The van der Waals surface area contributed by atoms with Crippen LogP contribution in [0.15, 0.2) is 0 Å². The average molecular weight is 287 g/mol. The topological polar surface area (TPSA) is 81.4 Å². The first kappa shape index (κ1) is 14.0. The first-order valence-corrected chi connectivity index (χ1v) is 6.36. The van der Waals surface area contributed by atoms with Crippen molar-refractivity contribution in [2.45, 2.75) is 25.8 Å². The second kappa shape index (κ2) is 5.66. The van der Waals surface area contributed by atoms with Gasteiger partial charge in [-0.25, -0.2) is 4.98 Å². The average Bonchev–Trinajstić information content (AvgIpc) is 3.12. The van der Waals surface area contributed by atoms with Crippen molar-refractivity contribution in [3.63, 3.8) is 0 Å². The Morgan fingerprint density at radius 2 is 2.21 bits per heavy atom. The summed E-state index contributed by atoms with van der Waals surface area (Å²) in [7, 11) is 1.59. The molecule has 0 N–H and O–H groups in total. The van der Waals surface area contributed by atoms with Crippen molar-refractivity contribution in [1.29, 1.82) is 0 Å². The molecule has 0 radical (unpaired) electrons. The lowest BCUT2D eigenvalue weighted by atomic mass is 10.3. The van der Waals surface area contributed by atoms with Crippen molar-refractivity contribution < 1.29 is 9.66 Å². The quantitative estimate of drug-likeness (QED) is 0.452. The smallest absolute Gasteiger partial charge is 0.332 e. The fourth-order valence-corrected chi connectivity index (χ4v) is 2.18. The van der Waals surface area contributed by atoms with Gasteiger partial charge in [0.2, 0.25) is 11.1 Å². The Bertz CT molecular complexity index is 493. The largest absolute Gasteiger partial charge is 0.383 e. The summed E-state index contributed by atoms with van der Waals surface area (Å²) in [5, 5.41) is 11.2. The Kier molecular flexibility index (Phi) is 4.16. The van der Waals surface area contributed by atoms with Gasteiger partial charge in [0.05, 0.1) is 11.5 Å². The van der Waals surface area contributed by atoms with E-state index in [0.717, 1.165) is 12.8 Å². The molecule has 1 saturated carbocycles. The molecule has 1 fully saturated rings. The van der Waals surface area contributed by atoms with Gasteiger partial charge in [0.25, 0.3) is 0 Å². The predicted molar refractivity (Wildman–Crippen MR) is 70.7 cm³/mol. The molecular weight excluding hydrogens is 272 g/mol. The summed E-state index contributed by atoms with van der Waals surface area (Å²) in [4.78, 5) is 20.5. The summed E-state index contributed by atoms with van der Waals surface area (Å²) in [5.74, 6) is 0.294. The van der Waals surface area contributed by atoms with Crippen molar-refractivity contribution in [3.8, 4) is 0 Å². The van der Waals surface area contributed by atoms with Crippen LogP contribution in [0.25, 0.3) is 0 Å². The van der Waals surface area contributed by atoms with Gasteiger partial charge >= 0.3 is 5.69 Å². The highest BCUT2D eigenvalue weighted by molar-refractivity contribution is 6.28. The maximum Gasteiger partial charge on any atom is 0.332 e. The van der Waals surface area contributed by atoms with Crippen LogP contribution in [0.5, 0.6) is 0 Å². The SMILES string of the molecule is COCCN(c1nc(Cl)nc(C)c1[N+](=O)[O-])C1CC1. The van der Waals surface area contributed by atoms with Crippen LogP contribution in [0.1, 0.15) is 18.5 Å². The lowest BCUT2D eigenvalue weighted by Gasteiger charge is -2.23. The first-order valence-electron chi connectivity index (χ1n) is 5.98. The zero-order chi connectivity index (χ0) is 14.0. The molecule has 0 aromatic carbocycles. The van der Waals surface area contributed by atoms with Gasteiger partial charge < -0.3 is 9.64 Å². The van der Waals surface area contributed by atoms with Crippen molar-refractivity contribution in [1.82, 2.24) is 9.97 Å². The van der Waals surface area contributed by atoms with Crippen LogP contribution in [0, 0.1) is 17.0 Å². The molecule has 7 nitrogen and oxygen atoms in total. The zero-order valence-corrected chi connectivity index (χ0v) is 11.6. The van der Waals surface area contributed by atoms with Crippen molar-refractivity contribution in [2.24, 2.45) is 0 Å². The second-order valence-electron chi connectivity index (χ2n) is 4.42. The molecule has 0 amide bonds. The number of nitro groups is 1. The number of hydrogen-bond donors (Lipinski definition) is 0. The number of hydrogen-bond acceptors (Lipinski definition) is 6. The van der Waals surface area contributed by atoms with Crippen LogP contribution in [-0.2, 0) is 4.74 Å². The maximum absolute atomic E-state index is 11.2. The standard InChI is InChI=1S/C11H15ClN4O3/c1-7-9(16(17)18)10(14-11(12)13-7)15(5-6-19-2)8-3-4-8/h8H,3-6H2,1-2H3. The third-order valence-corrected chi connectivity index (χ3v) is 3.16. The molecule has 0 saturated heterocycles. The van der Waals surface area contributed by atoms with Gasteiger partial charge in [-0.05, 0) is 31.4 Å². The highest BCUT2D eigenvalue weighted by Gasteiger charge is 2.35. The van der Waals surface area contributed by atoms with E-state index >= 15 is 0 Å². The summed E-state index contributed by atoms with van der Waals surface area (Å²) >= 11 is 5.83. The fourth-order valence-electron chi connectivity index (χ4n) is 1.97. The Labute approximate surface area is 115 Å². The minimum atomic E-state index is -0.455. The number of halogens is 1. The van der Waals surface area contributed by atoms with E-state index in [2.05, 4.69) is 9.97 Å². The molecule has 0 unspecified atom stereocenters.